The minimum atomic E-state index is -3.41. The Hall–Kier alpha value is -1.27. The summed E-state index contributed by atoms with van der Waals surface area (Å²) >= 11 is 0. The monoisotopic (exact) mass is 271 g/mol. The van der Waals surface area contributed by atoms with E-state index in [1.54, 1.807) is 19.9 Å². The highest BCUT2D eigenvalue weighted by atomic mass is 32.2. The van der Waals surface area contributed by atoms with E-state index >= 15 is 0 Å². The number of nitrogens with two attached hydrogens (primary N) is 1. The second kappa shape index (κ2) is 4.44. The lowest BCUT2D eigenvalue weighted by Crippen LogP contribution is -2.39. The summed E-state index contributed by atoms with van der Waals surface area (Å²) in [5.41, 5.74) is 4.99. The van der Waals surface area contributed by atoms with E-state index in [-0.39, 0.29) is 10.6 Å². The molecule has 0 radical (unpaired) electrons. The van der Waals surface area contributed by atoms with E-state index < -0.39 is 15.4 Å². The Morgan fingerprint density at radius 3 is 2.44 bits per heavy atom. The van der Waals surface area contributed by atoms with E-state index in [4.69, 9.17) is 15.2 Å². The highest BCUT2D eigenvalue weighted by molar-refractivity contribution is 7.91. The summed E-state index contributed by atoms with van der Waals surface area (Å²) in [6, 6.07) is 4.63. The molecule has 0 bridgehead atoms. The highest BCUT2D eigenvalue weighted by Gasteiger charge is 2.25. The lowest BCUT2D eigenvalue weighted by Gasteiger charge is -2.21. The summed E-state index contributed by atoms with van der Waals surface area (Å²) in [5, 5.41) is 0. The normalized spacial score (nSPS) is 15.5. The first-order valence-electron chi connectivity index (χ1n) is 5.69. The van der Waals surface area contributed by atoms with Crippen LogP contribution in [0.1, 0.15) is 13.8 Å². The van der Waals surface area contributed by atoms with Crippen LogP contribution in [0.2, 0.25) is 0 Å². The molecular formula is C12H17NO4S. The van der Waals surface area contributed by atoms with Gasteiger partial charge < -0.3 is 15.2 Å². The van der Waals surface area contributed by atoms with Crippen LogP contribution >= 0.6 is 0 Å². The van der Waals surface area contributed by atoms with Crippen molar-refractivity contribution in [2.45, 2.75) is 24.3 Å². The van der Waals surface area contributed by atoms with E-state index in [1.807, 2.05) is 0 Å². The van der Waals surface area contributed by atoms with Gasteiger partial charge in [-0.15, -0.1) is 0 Å². The number of sulfone groups is 1. The molecular weight excluding hydrogens is 254 g/mol. The summed E-state index contributed by atoms with van der Waals surface area (Å²) < 4.78 is 35.0. The molecule has 0 spiro atoms. The molecule has 0 amide bonds. The van der Waals surface area contributed by atoms with Gasteiger partial charge in [0.15, 0.2) is 21.3 Å². The fourth-order valence-electron chi connectivity index (χ4n) is 1.79. The molecule has 0 aromatic heterocycles. The molecule has 2 rings (SSSR count). The SMILES string of the molecule is CC(C)(N)CS(=O)(=O)c1ccc2c(c1)OCCO2. The standard InChI is InChI=1S/C12H17NO4S/c1-12(2,13)8-18(14,15)9-3-4-10-11(7-9)17-6-5-16-10/h3-4,7H,5-6,8,13H2,1-2H3. The number of benzene rings is 1. The predicted octanol–water partition coefficient (Wildman–Crippen LogP) is 0.969. The highest BCUT2D eigenvalue weighted by Crippen LogP contribution is 2.32. The molecule has 0 saturated carbocycles. The average Bonchev–Trinajstić information content (AvgIpc) is 2.25. The van der Waals surface area contributed by atoms with E-state index in [1.165, 1.54) is 12.1 Å². The topological polar surface area (TPSA) is 78.6 Å². The minimum Gasteiger partial charge on any atom is -0.486 e. The molecule has 18 heavy (non-hydrogen) atoms. The van der Waals surface area contributed by atoms with Crippen molar-refractivity contribution in [1.29, 1.82) is 0 Å². The molecule has 6 heteroatoms. The van der Waals surface area contributed by atoms with E-state index in [0.717, 1.165) is 0 Å². The van der Waals surface area contributed by atoms with E-state index in [9.17, 15) is 8.42 Å². The molecule has 2 N–H and O–H groups in total. The van der Waals surface area contributed by atoms with Crippen LogP contribution in [0.15, 0.2) is 23.1 Å². The Kier molecular flexibility index (Phi) is 3.25. The second-order valence-corrected chi connectivity index (χ2v) is 7.04. The molecule has 1 heterocycles. The fourth-order valence-corrected chi connectivity index (χ4v) is 3.50. The van der Waals surface area contributed by atoms with Crippen LogP contribution in [0.3, 0.4) is 0 Å². The van der Waals surface area contributed by atoms with Crippen LogP contribution < -0.4 is 15.2 Å². The van der Waals surface area contributed by atoms with E-state index in [2.05, 4.69) is 0 Å². The fraction of sp³-hybridized carbons (Fsp3) is 0.500. The van der Waals surface area contributed by atoms with Crippen molar-refractivity contribution in [2.75, 3.05) is 19.0 Å². The molecule has 1 aliphatic heterocycles. The van der Waals surface area contributed by atoms with Crippen molar-refractivity contribution in [1.82, 2.24) is 0 Å². The van der Waals surface area contributed by atoms with Crippen molar-refractivity contribution in [2.24, 2.45) is 5.73 Å². The third kappa shape index (κ3) is 2.94. The molecule has 1 aromatic carbocycles. The number of hydrogen-bond donors (Lipinski definition) is 1. The molecule has 0 unspecified atom stereocenters. The summed E-state index contributed by atoms with van der Waals surface area (Å²) in [7, 11) is -3.41. The summed E-state index contributed by atoms with van der Waals surface area (Å²) in [4.78, 5) is 0.213. The number of hydrogen-bond acceptors (Lipinski definition) is 5. The maximum absolute atomic E-state index is 12.2. The van der Waals surface area contributed by atoms with Gasteiger partial charge in [0.1, 0.15) is 13.2 Å². The van der Waals surface area contributed by atoms with E-state index in [0.29, 0.717) is 24.7 Å². The van der Waals surface area contributed by atoms with Gasteiger partial charge in [0.2, 0.25) is 0 Å². The first-order valence-corrected chi connectivity index (χ1v) is 7.34. The maximum Gasteiger partial charge on any atom is 0.180 e. The van der Waals surface area contributed by atoms with Crippen LogP contribution in [0.5, 0.6) is 11.5 Å². The zero-order chi connectivity index (χ0) is 13.4. The molecule has 0 atom stereocenters. The Bertz CT molecular complexity index is 546. The van der Waals surface area contributed by atoms with Gasteiger partial charge in [-0.1, -0.05) is 0 Å². The van der Waals surface area contributed by atoms with Crippen LogP contribution in [0.25, 0.3) is 0 Å². The summed E-state index contributed by atoms with van der Waals surface area (Å²) in [6.07, 6.45) is 0. The largest absolute Gasteiger partial charge is 0.486 e. The van der Waals surface area contributed by atoms with Gasteiger partial charge in [-0.3, -0.25) is 0 Å². The lowest BCUT2D eigenvalue weighted by molar-refractivity contribution is 0.171. The Morgan fingerprint density at radius 1 is 1.22 bits per heavy atom. The minimum absolute atomic E-state index is 0.111. The molecule has 0 aliphatic carbocycles. The van der Waals surface area contributed by atoms with Crippen molar-refractivity contribution in [3.63, 3.8) is 0 Å². The zero-order valence-electron chi connectivity index (χ0n) is 10.5. The van der Waals surface area contributed by atoms with Gasteiger partial charge >= 0.3 is 0 Å². The van der Waals surface area contributed by atoms with Crippen molar-refractivity contribution < 1.29 is 17.9 Å². The molecule has 100 valence electrons. The van der Waals surface area contributed by atoms with Gasteiger partial charge in [-0.2, -0.15) is 0 Å². The predicted molar refractivity (Wildman–Crippen MR) is 67.8 cm³/mol. The summed E-state index contributed by atoms with van der Waals surface area (Å²) in [6.45, 7) is 4.28. The number of fused-ring (bicyclic) bond motifs is 1. The lowest BCUT2D eigenvalue weighted by atomic mass is 10.1. The first-order chi connectivity index (χ1) is 8.28. The van der Waals surface area contributed by atoms with Crippen LogP contribution in [0, 0.1) is 0 Å². The molecule has 0 saturated heterocycles. The quantitative estimate of drug-likeness (QED) is 0.886. The molecule has 1 aliphatic rings. The molecule has 0 fully saturated rings. The van der Waals surface area contributed by atoms with Crippen molar-refractivity contribution in [3.8, 4) is 11.5 Å². The maximum atomic E-state index is 12.2. The van der Waals surface area contributed by atoms with Crippen molar-refractivity contribution in [3.05, 3.63) is 18.2 Å². The molecule has 5 nitrogen and oxygen atoms in total. The number of rotatable bonds is 3. The van der Waals surface area contributed by atoms with Crippen LogP contribution in [-0.4, -0.2) is 32.9 Å². The first kappa shape index (κ1) is 13.2. The third-order valence-corrected chi connectivity index (χ3v) is 4.53. The Balaban J connectivity index is 2.34. The third-order valence-electron chi connectivity index (χ3n) is 2.43. The van der Waals surface area contributed by atoms with Gasteiger partial charge in [0.05, 0.1) is 10.6 Å². The van der Waals surface area contributed by atoms with Crippen LogP contribution in [0.4, 0.5) is 0 Å². The van der Waals surface area contributed by atoms with Gasteiger partial charge in [0, 0.05) is 11.6 Å². The Morgan fingerprint density at radius 2 is 1.83 bits per heavy atom. The molecule has 1 aromatic rings. The van der Waals surface area contributed by atoms with Gasteiger partial charge in [-0.05, 0) is 26.0 Å². The van der Waals surface area contributed by atoms with Crippen LogP contribution in [-0.2, 0) is 9.84 Å². The van der Waals surface area contributed by atoms with Crippen molar-refractivity contribution >= 4 is 9.84 Å². The Labute approximate surface area is 107 Å². The summed E-state index contributed by atoms with van der Waals surface area (Å²) in [5.74, 6) is 0.934. The second-order valence-electron chi connectivity index (χ2n) is 5.05. The zero-order valence-corrected chi connectivity index (χ0v) is 11.3. The average molecular weight is 271 g/mol. The van der Waals surface area contributed by atoms with Gasteiger partial charge in [-0.25, -0.2) is 8.42 Å². The smallest absolute Gasteiger partial charge is 0.180 e. The number of ether oxygens (including phenoxy) is 2. The van der Waals surface area contributed by atoms with Gasteiger partial charge in [0.25, 0.3) is 0 Å².